The predicted octanol–water partition coefficient (Wildman–Crippen LogP) is 6.20. The highest BCUT2D eigenvalue weighted by molar-refractivity contribution is 7.92. The average Bonchev–Trinajstić information content (AvgIpc) is 3.19. The molecule has 0 radical (unpaired) electrons. The molecule has 2 aliphatic rings. The van der Waals surface area contributed by atoms with E-state index in [0.717, 1.165) is 18.5 Å². The van der Waals surface area contributed by atoms with Gasteiger partial charge in [-0.05, 0) is 73.8 Å². The first-order chi connectivity index (χ1) is 18.6. The van der Waals surface area contributed by atoms with E-state index in [9.17, 15) is 26.4 Å². The van der Waals surface area contributed by atoms with Gasteiger partial charge in [-0.1, -0.05) is 17.7 Å². The van der Waals surface area contributed by atoms with E-state index in [2.05, 4.69) is 10.3 Å². The lowest BCUT2D eigenvalue weighted by atomic mass is 9.81. The molecule has 3 aromatic rings. The molecule has 2 fully saturated rings. The molecule has 0 aliphatic heterocycles. The number of hydrogen-bond donors (Lipinski definition) is 1. The van der Waals surface area contributed by atoms with Crippen LogP contribution in [-0.4, -0.2) is 31.2 Å². The summed E-state index contributed by atoms with van der Waals surface area (Å²) in [5.74, 6) is -5.27. The van der Waals surface area contributed by atoms with Crippen molar-refractivity contribution < 1.29 is 31.1 Å². The minimum absolute atomic E-state index is 0.00867. The number of sulfone groups is 1. The first-order valence-electron chi connectivity index (χ1n) is 12.6. The second-order valence-corrected chi connectivity index (χ2v) is 12.6. The normalized spacial score (nSPS) is 22.6. The average molecular weight is 579 g/mol. The predicted molar refractivity (Wildman–Crippen MR) is 140 cm³/mol. The first-order valence-corrected chi connectivity index (χ1v) is 14.5. The minimum atomic E-state index is -3.90. The number of benzene rings is 2. The van der Waals surface area contributed by atoms with Crippen LogP contribution in [0.15, 0.2) is 59.6 Å². The minimum Gasteiger partial charge on any atom is -0.375 e. The van der Waals surface area contributed by atoms with Crippen molar-refractivity contribution in [2.75, 3.05) is 11.9 Å². The molecule has 2 aromatic carbocycles. The number of fused-ring (bicyclic) bond motifs is 2. The summed E-state index contributed by atoms with van der Waals surface area (Å²) in [5.41, 5.74) is 0.467. The number of nitrogens with one attached hydrogen (secondary N) is 1. The van der Waals surface area contributed by atoms with Crippen LogP contribution in [0.4, 0.5) is 18.9 Å². The number of ether oxygens (including phenoxy) is 1. The fourth-order valence-electron chi connectivity index (χ4n) is 5.89. The number of aromatic nitrogens is 1. The maximum absolute atomic E-state index is 13.8. The van der Waals surface area contributed by atoms with Crippen LogP contribution in [0.25, 0.3) is 0 Å². The van der Waals surface area contributed by atoms with Crippen LogP contribution in [0.2, 0.25) is 5.02 Å². The third-order valence-corrected chi connectivity index (χ3v) is 10.4. The Hall–Kier alpha value is -2.95. The summed E-state index contributed by atoms with van der Waals surface area (Å²) in [4.78, 5) is 16.9. The zero-order valence-corrected chi connectivity index (χ0v) is 22.3. The molecular weight excluding hydrogens is 553 g/mol. The van der Waals surface area contributed by atoms with Crippen molar-refractivity contribution >= 4 is 33.0 Å². The summed E-state index contributed by atoms with van der Waals surface area (Å²) in [5, 5.41) is 1.64. The van der Waals surface area contributed by atoms with Gasteiger partial charge >= 0.3 is 0 Å². The third kappa shape index (κ3) is 5.83. The molecule has 0 saturated heterocycles. The van der Waals surface area contributed by atoms with E-state index < -0.39 is 38.4 Å². The molecule has 5 rings (SSSR count). The number of nitrogens with zero attached hydrogens (tertiary/aromatic N) is 1. The molecule has 2 unspecified atom stereocenters. The van der Waals surface area contributed by atoms with Crippen LogP contribution in [0.5, 0.6) is 0 Å². The van der Waals surface area contributed by atoms with Gasteiger partial charge < -0.3 is 10.1 Å². The molecule has 206 valence electrons. The Bertz CT molecular complexity index is 1450. The molecule has 11 heteroatoms. The SMILES string of the molecule is O=C(Nc1cc(F)c(F)c(F)c1)c1ccc(Cl)c(S(=O)(=O)C2C3CC[C@H]2C[C@H](COCc2ccccn2)C3)c1. The molecule has 0 spiro atoms. The highest BCUT2D eigenvalue weighted by Gasteiger charge is 2.50. The second kappa shape index (κ2) is 11.3. The van der Waals surface area contributed by atoms with Crippen LogP contribution in [0.1, 0.15) is 41.7 Å². The maximum Gasteiger partial charge on any atom is 0.255 e. The number of halogens is 4. The lowest BCUT2D eigenvalue weighted by Crippen LogP contribution is -2.38. The largest absolute Gasteiger partial charge is 0.375 e. The van der Waals surface area contributed by atoms with Crippen LogP contribution in [0.3, 0.4) is 0 Å². The van der Waals surface area contributed by atoms with Gasteiger partial charge in [-0.25, -0.2) is 21.6 Å². The fourth-order valence-corrected chi connectivity index (χ4v) is 8.77. The Morgan fingerprint density at radius 3 is 2.36 bits per heavy atom. The number of carbonyl (C=O) groups is 1. The van der Waals surface area contributed by atoms with E-state index >= 15 is 0 Å². The van der Waals surface area contributed by atoms with E-state index in [-0.39, 0.29) is 38.9 Å². The first kappa shape index (κ1) is 27.6. The molecule has 1 amide bonds. The zero-order chi connectivity index (χ0) is 27.7. The number of carbonyl (C=O) groups excluding carboxylic acids is 1. The van der Waals surface area contributed by atoms with Gasteiger partial charge in [0.1, 0.15) is 0 Å². The smallest absolute Gasteiger partial charge is 0.255 e. The van der Waals surface area contributed by atoms with Gasteiger partial charge in [0, 0.05) is 36.2 Å². The molecular formula is C28H26ClF3N2O4S. The molecule has 2 saturated carbocycles. The van der Waals surface area contributed by atoms with Crippen molar-refractivity contribution in [3.63, 3.8) is 0 Å². The van der Waals surface area contributed by atoms with Crippen molar-refractivity contribution in [3.05, 3.63) is 88.5 Å². The van der Waals surface area contributed by atoms with Crippen molar-refractivity contribution in [1.82, 2.24) is 4.98 Å². The second-order valence-electron chi connectivity index (χ2n) is 10.1. The fraction of sp³-hybridized carbons (Fsp3) is 0.357. The Balaban J connectivity index is 1.29. The van der Waals surface area contributed by atoms with Gasteiger partial charge in [-0.3, -0.25) is 9.78 Å². The lowest BCUT2D eigenvalue weighted by Gasteiger charge is -2.35. The molecule has 1 heterocycles. The Morgan fingerprint density at radius 1 is 1.03 bits per heavy atom. The molecule has 39 heavy (non-hydrogen) atoms. The van der Waals surface area contributed by atoms with Gasteiger partial charge in [0.2, 0.25) is 0 Å². The number of amides is 1. The molecule has 1 aromatic heterocycles. The summed E-state index contributed by atoms with van der Waals surface area (Å²) in [6, 6.07) is 10.7. The lowest BCUT2D eigenvalue weighted by molar-refractivity contribution is 0.0609. The van der Waals surface area contributed by atoms with E-state index in [0.29, 0.717) is 38.2 Å². The summed E-state index contributed by atoms with van der Waals surface area (Å²) >= 11 is 6.32. The van der Waals surface area contributed by atoms with Crippen molar-refractivity contribution in [3.8, 4) is 0 Å². The Labute approximate surface area is 229 Å². The number of rotatable bonds is 8. The van der Waals surface area contributed by atoms with Crippen LogP contribution < -0.4 is 5.32 Å². The van der Waals surface area contributed by atoms with E-state index in [1.807, 2.05) is 18.2 Å². The van der Waals surface area contributed by atoms with Gasteiger partial charge in [0.25, 0.3) is 5.91 Å². The van der Waals surface area contributed by atoms with Crippen molar-refractivity contribution in [1.29, 1.82) is 0 Å². The standard InChI is InChI=1S/C28H26ClF3N2O4S/c29-22-7-6-19(28(35)34-21-12-23(30)26(32)24(31)13-21)11-25(22)39(36,37)27-17-4-5-18(27)10-16(9-17)14-38-15-20-3-1-2-8-33-20/h1-3,6-8,11-13,16-18,27H,4-5,9-10,14-15H2,(H,34,35)/t16-,17-,18?,27?/m0/s1. The molecule has 1 N–H and O–H groups in total. The van der Waals surface area contributed by atoms with E-state index in [4.69, 9.17) is 16.3 Å². The zero-order valence-electron chi connectivity index (χ0n) is 20.7. The summed E-state index contributed by atoms with van der Waals surface area (Å²) < 4.78 is 73.9. The highest BCUT2D eigenvalue weighted by atomic mass is 35.5. The number of hydrogen-bond acceptors (Lipinski definition) is 5. The molecule has 4 atom stereocenters. The van der Waals surface area contributed by atoms with Crippen LogP contribution in [-0.2, 0) is 21.2 Å². The van der Waals surface area contributed by atoms with Crippen LogP contribution >= 0.6 is 11.6 Å². The Morgan fingerprint density at radius 2 is 1.72 bits per heavy atom. The number of pyridine rings is 1. The highest BCUT2D eigenvalue weighted by Crippen LogP contribution is 2.50. The monoisotopic (exact) mass is 578 g/mol. The molecule has 2 bridgehead atoms. The summed E-state index contributed by atoms with van der Waals surface area (Å²) in [7, 11) is -3.90. The van der Waals surface area contributed by atoms with Gasteiger partial charge in [-0.15, -0.1) is 0 Å². The quantitative estimate of drug-likeness (QED) is 0.322. The summed E-state index contributed by atoms with van der Waals surface area (Å²) in [6.07, 6.45) is 4.70. The van der Waals surface area contributed by atoms with E-state index in [1.165, 1.54) is 18.2 Å². The third-order valence-electron chi connectivity index (χ3n) is 7.54. The van der Waals surface area contributed by atoms with Gasteiger partial charge in [-0.2, -0.15) is 0 Å². The van der Waals surface area contributed by atoms with E-state index in [1.54, 1.807) is 6.20 Å². The topological polar surface area (TPSA) is 85.4 Å². The maximum atomic E-state index is 13.8. The molecule has 2 aliphatic carbocycles. The number of anilines is 1. The van der Waals surface area contributed by atoms with Gasteiger partial charge in [0.15, 0.2) is 27.3 Å². The van der Waals surface area contributed by atoms with Gasteiger partial charge in [0.05, 0.1) is 27.5 Å². The molecule has 6 nitrogen and oxygen atoms in total. The summed E-state index contributed by atoms with van der Waals surface area (Å²) in [6.45, 7) is 0.924. The van der Waals surface area contributed by atoms with Crippen molar-refractivity contribution in [2.24, 2.45) is 17.8 Å². The van der Waals surface area contributed by atoms with Crippen molar-refractivity contribution in [2.45, 2.75) is 42.4 Å². The Kier molecular flexibility index (Phi) is 7.98. The van der Waals surface area contributed by atoms with Crippen LogP contribution in [0, 0.1) is 35.2 Å².